The van der Waals surface area contributed by atoms with Crippen molar-refractivity contribution in [1.29, 1.82) is 0 Å². The van der Waals surface area contributed by atoms with E-state index in [1.165, 1.54) is 0 Å². The van der Waals surface area contributed by atoms with Gasteiger partial charge in [-0.3, -0.25) is 0 Å². The van der Waals surface area contributed by atoms with Gasteiger partial charge in [-0.15, -0.1) is 6.58 Å². The van der Waals surface area contributed by atoms with Crippen LogP contribution in [0.5, 0.6) is 0 Å². The van der Waals surface area contributed by atoms with Crippen LogP contribution in [0.3, 0.4) is 0 Å². The lowest BCUT2D eigenvalue weighted by atomic mass is 10.1. The average Bonchev–Trinajstić information content (AvgIpc) is 1.99. The van der Waals surface area contributed by atoms with E-state index in [9.17, 15) is 0 Å². The lowest BCUT2D eigenvalue weighted by Crippen LogP contribution is -2.36. The number of rotatable bonds is 5. The molecule has 0 spiro atoms. The third-order valence-corrected chi connectivity index (χ3v) is 1.73. The zero-order valence-corrected chi connectivity index (χ0v) is 7.05. The van der Waals surface area contributed by atoms with Gasteiger partial charge in [-0.25, -0.2) is 0 Å². The van der Waals surface area contributed by atoms with Gasteiger partial charge in [0.1, 0.15) is 0 Å². The average molecular weight is 143 g/mol. The second-order valence-corrected chi connectivity index (χ2v) is 2.36. The standard InChI is InChI=1S/C8H17NO/c1-5-6-8(9-3)7(2)10-4/h5,7-9H,1,6H2,2-4H3. The number of ether oxygens (including phenoxy) is 1. The highest BCUT2D eigenvalue weighted by molar-refractivity contribution is 4.80. The van der Waals surface area contributed by atoms with E-state index in [1.54, 1.807) is 7.11 Å². The molecule has 0 aliphatic carbocycles. The predicted molar refractivity (Wildman–Crippen MR) is 44.1 cm³/mol. The zero-order chi connectivity index (χ0) is 7.98. The Balaban J connectivity index is 3.67. The summed E-state index contributed by atoms with van der Waals surface area (Å²) >= 11 is 0. The SMILES string of the molecule is C=CCC(NC)C(C)OC. The summed E-state index contributed by atoms with van der Waals surface area (Å²) in [6.45, 7) is 5.72. The van der Waals surface area contributed by atoms with Crippen LogP contribution in [0.25, 0.3) is 0 Å². The van der Waals surface area contributed by atoms with Crippen molar-refractivity contribution in [1.82, 2.24) is 5.32 Å². The van der Waals surface area contributed by atoms with Crippen LogP contribution in [-0.2, 0) is 4.74 Å². The second-order valence-electron chi connectivity index (χ2n) is 2.36. The number of hydrogen-bond donors (Lipinski definition) is 1. The minimum absolute atomic E-state index is 0.253. The van der Waals surface area contributed by atoms with E-state index in [-0.39, 0.29) is 6.10 Å². The molecule has 0 aliphatic heterocycles. The first-order chi connectivity index (χ1) is 4.76. The normalized spacial score (nSPS) is 16.3. The fourth-order valence-corrected chi connectivity index (χ4v) is 0.888. The van der Waals surface area contributed by atoms with E-state index in [2.05, 4.69) is 11.9 Å². The third kappa shape index (κ3) is 2.99. The van der Waals surface area contributed by atoms with Crippen molar-refractivity contribution in [2.45, 2.75) is 25.5 Å². The summed E-state index contributed by atoms with van der Waals surface area (Å²) in [6, 6.07) is 0.391. The summed E-state index contributed by atoms with van der Waals surface area (Å²) in [4.78, 5) is 0. The fraction of sp³-hybridized carbons (Fsp3) is 0.750. The Morgan fingerprint density at radius 2 is 2.30 bits per heavy atom. The minimum atomic E-state index is 0.253. The minimum Gasteiger partial charge on any atom is -0.380 e. The molecule has 0 radical (unpaired) electrons. The zero-order valence-electron chi connectivity index (χ0n) is 7.05. The molecule has 0 bridgehead atoms. The molecule has 0 aromatic carbocycles. The van der Waals surface area contributed by atoms with Gasteiger partial charge >= 0.3 is 0 Å². The van der Waals surface area contributed by atoms with Gasteiger partial charge in [0.2, 0.25) is 0 Å². The van der Waals surface area contributed by atoms with Crippen LogP contribution in [0.2, 0.25) is 0 Å². The van der Waals surface area contributed by atoms with Gasteiger partial charge in [0.05, 0.1) is 6.10 Å². The van der Waals surface area contributed by atoms with Crippen molar-refractivity contribution in [3.05, 3.63) is 12.7 Å². The highest BCUT2D eigenvalue weighted by atomic mass is 16.5. The molecule has 0 saturated heterocycles. The van der Waals surface area contributed by atoms with E-state index in [0.29, 0.717) is 6.04 Å². The molecule has 0 aromatic rings. The van der Waals surface area contributed by atoms with Crippen molar-refractivity contribution < 1.29 is 4.74 Å². The van der Waals surface area contributed by atoms with Crippen molar-refractivity contribution in [2.75, 3.05) is 14.2 Å². The maximum absolute atomic E-state index is 5.15. The Kier molecular flexibility index (Phi) is 5.26. The largest absolute Gasteiger partial charge is 0.380 e. The molecule has 2 atom stereocenters. The topological polar surface area (TPSA) is 21.3 Å². The maximum Gasteiger partial charge on any atom is 0.0699 e. The first-order valence-electron chi connectivity index (χ1n) is 3.57. The molecule has 0 aliphatic rings. The van der Waals surface area contributed by atoms with E-state index in [1.807, 2.05) is 20.0 Å². The van der Waals surface area contributed by atoms with Crippen LogP contribution in [0, 0.1) is 0 Å². The van der Waals surface area contributed by atoms with Crippen LogP contribution in [0.1, 0.15) is 13.3 Å². The summed E-state index contributed by atoms with van der Waals surface area (Å²) in [7, 11) is 3.65. The second kappa shape index (κ2) is 5.45. The number of methoxy groups -OCH3 is 1. The molecule has 60 valence electrons. The molecule has 0 amide bonds. The van der Waals surface area contributed by atoms with E-state index in [4.69, 9.17) is 4.74 Å². The van der Waals surface area contributed by atoms with Gasteiger partial charge in [-0.1, -0.05) is 6.08 Å². The van der Waals surface area contributed by atoms with Crippen LogP contribution in [0.15, 0.2) is 12.7 Å². The van der Waals surface area contributed by atoms with Gasteiger partial charge in [0.15, 0.2) is 0 Å². The van der Waals surface area contributed by atoms with Crippen molar-refractivity contribution >= 4 is 0 Å². The first kappa shape index (κ1) is 9.66. The van der Waals surface area contributed by atoms with Gasteiger partial charge in [-0.05, 0) is 20.4 Å². The first-order valence-corrected chi connectivity index (χ1v) is 3.57. The van der Waals surface area contributed by atoms with Crippen LogP contribution in [0.4, 0.5) is 0 Å². The van der Waals surface area contributed by atoms with Crippen LogP contribution >= 0.6 is 0 Å². The molecule has 1 N–H and O–H groups in total. The quantitative estimate of drug-likeness (QED) is 0.584. The molecule has 2 nitrogen and oxygen atoms in total. The van der Waals surface area contributed by atoms with Gasteiger partial charge in [0.25, 0.3) is 0 Å². The van der Waals surface area contributed by atoms with E-state index < -0.39 is 0 Å². The van der Waals surface area contributed by atoms with Crippen molar-refractivity contribution in [3.63, 3.8) is 0 Å². The summed E-state index contributed by atoms with van der Waals surface area (Å²) in [5.74, 6) is 0. The molecule has 0 aromatic heterocycles. The summed E-state index contributed by atoms with van der Waals surface area (Å²) in [6.07, 6.45) is 3.10. The van der Waals surface area contributed by atoms with Crippen molar-refractivity contribution in [3.8, 4) is 0 Å². The molecular weight excluding hydrogens is 126 g/mol. The molecule has 10 heavy (non-hydrogen) atoms. The Labute approximate surface area is 63.3 Å². The van der Waals surface area contributed by atoms with Crippen LogP contribution in [-0.4, -0.2) is 26.3 Å². The van der Waals surface area contributed by atoms with E-state index >= 15 is 0 Å². The molecular formula is C8H17NO. The smallest absolute Gasteiger partial charge is 0.0699 e. The lowest BCUT2D eigenvalue weighted by molar-refractivity contribution is 0.0866. The number of hydrogen-bond acceptors (Lipinski definition) is 2. The highest BCUT2D eigenvalue weighted by Gasteiger charge is 2.11. The van der Waals surface area contributed by atoms with Crippen LogP contribution < -0.4 is 5.32 Å². The monoisotopic (exact) mass is 143 g/mol. The molecule has 2 heteroatoms. The molecule has 0 rings (SSSR count). The molecule has 0 heterocycles. The van der Waals surface area contributed by atoms with Gasteiger partial charge < -0.3 is 10.1 Å². The Morgan fingerprint density at radius 1 is 1.70 bits per heavy atom. The van der Waals surface area contributed by atoms with Gasteiger partial charge in [0, 0.05) is 13.2 Å². The number of nitrogens with one attached hydrogen (secondary N) is 1. The Bertz CT molecular complexity index is 93.3. The Morgan fingerprint density at radius 3 is 2.60 bits per heavy atom. The molecule has 0 fully saturated rings. The summed E-state index contributed by atoms with van der Waals surface area (Å²) in [5.41, 5.74) is 0. The third-order valence-electron chi connectivity index (χ3n) is 1.73. The summed E-state index contributed by atoms with van der Waals surface area (Å²) in [5, 5.41) is 3.16. The lowest BCUT2D eigenvalue weighted by Gasteiger charge is -2.20. The summed E-state index contributed by atoms with van der Waals surface area (Å²) < 4.78 is 5.15. The Hall–Kier alpha value is -0.340. The molecule has 2 unspecified atom stereocenters. The van der Waals surface area contributed by atoms with E-state index in [0.717, 1.165) is 6.42 Å². The fourth-order valence-electron chi connectivity index (χ4n) is 0.888. The highest BCUT2D eigenvalue weighted by Crippen LogP contribution is 2.01. The maximum atomic E-state index is 5.15. The van der Waals surface area contributed by atoms with Crippen molar-refractivity contribution in [2.24, 2.45) is 0 Å². The van der Waals surface area contributed by atoms with Gasteiger partial charge in [-0.2, -0.15) is 0 Å². The molecule has 0 saturated carbocycles. The number of likely N-dealkylation sites (N-methyl/N-ethyl adjacent to an activating group) is 1. The predicted octanol–water partition coefficient (Wildman–Crippen LogP) is 1.19.